The van der Waals surface area contributed by atoms with Crippen molar-refractivity contribution >= 4 is 11.5 Å². The molecule has 0 aromatic heterocycles. The average Bonchev–Trinajstić information content (AvgIpc) is 3.31. The second kappa shape index (κ2) is 6.80. The van der Waals surface area contributed by atoms with Crippen LogP contribution in [0, 0.1) is 12.8 Å². The zero-order valence-electron chi connectivity index (χ0n) is 13.0. The van der Waals surface area contributed by atoms with Crippen LogP contribution in [0.1, 0.15) is 30.9 Å². The zero-order valence-corrected chi connectivity index (χ0v) is 13.0. The average molecular weight is 291 g/mol. The van der Waals surface area contributed by atoms with Gasteiger partial charge in [-0.05, 0) is 56.4 Å². The lowest BCUT2D eigenvalue weighted by Crippen LogP contribution is -2.37. The van der Waals surface area contributed by atoms with Crippen molar-refractivity contribution in [2.75, 3.05) is 25.2 Å². The Morgan fingerprint density at radius 1 is 1.52 bits per heavy atom. The highest BCUT2D eigenvalue weighted by molar-refractivity contribution is 5.98. The summed E-state index contributed by atoms with van der Waals surface area (Å²) in [6, 6.07) is 6.56. The van der Waals surface area contributed by atoms with Gasteiger partial charge in [0.2, 0.25) is 0 Å². The third kappa shape index (κ3) is 3.67. The molecule has 1 saturated carbocycles. The summed E-state index contributed by atoms with van der Waals surface area (Å²) in [5.41, 5.74) is 8.63. The number of methoxy groups -OCH3 is 1. The number of oxime groups is 1. The second-order valence-electron chi connectivity index (χ2n) is 5.75. The third-order valence-electron chi connectivity index (χ3n) is 4.26. The van der Waals surface area contributed by atoms with Gasteiger partial charge < -0.3 is 20.6 Å². The lowest BCUT2D eigenvalue weighted by molar-refractivity contribution is 0.202. The standard InChI is InChI=1S/C16H25N3O2/c1-11-10-14(6-7-15(11)16(17)18-20)19(8-9-21-3)12(2)13-4-5-13/h6-7,10,12-13,20H,4-5,8-9H2,1-3H3,(H2,17,18). The van der Waals surface area contributed by atoms with Crippen molar-refractivity contribution in [1.82, 2.24) is 0 Å². The number of hydrogen-bond donors (Lipinski definition) is 2. The number of ether oxygens (including phenoxy) is 1. The fraction of sp³-hybridized carbons (Fsp3) is 0.562. The van der Waals surface area contributed by atoms with Crippen LogP contribution in [0.5, 0.6) is 0 Å². The minimum absolute atomic E-state index is 0.151. The van der Waals surface area contributed by atoms with E-state index < -0.39 is 0 Å². The van der Waals surface area contributed by atoms with Crippen LogP contribution in [-0.4, -0.2) is 37.3 Å². The van der Waals surface area contributed by atoms with Crippen molar-refractivity contribution in [3.8, 4) is 0 Å². The topological polar surface area (TPSA) is 71.1 Å². The first-order chi connectivity index (χ1) is 10.1. The Bertz CT molecular complexity index is 512. The molecular weight excluding hydrogens is 266 g/mol. The predicted molar refractivity (Wildman–Crippen MR) is 85.1 cm³/mol. The van der Waals surface area contributed by atoms with Gasteiger partial charge in [0.15, 0.2) is 5.84 Å². The molecule has 1 unspecified atom stereocenters. The van der Waals surface area contributed by atoms with E-state index in [1.54, 1.807) is 7.11 Å². The van der Waals surface area contributed by atoms with E-state index >= 15 is 0 Å². The zero-order chi connectivity index (χ0) is 15.4. The van der Waals surface area contributed by atoms with Crippen molar-refractivity contribution in [1.29, 1.82) is 0 Å². The van der Waals surface area contributed by atoms with Crippen molar-refractivity contribution < 1.29 is 9.94 Å². The molecule has 0 amide bonds. The molecule has 116 valence electrons. The largest absolute Gasteiger partial charge is 0.409 e. The second-order valence-corrected chi connectivity index (χ2v) is 5.75. The third-order valence-corrected chi connectivity index (χ3v) is 4.26. The highest BCUT2D eigenvalue weighted by atomic mass is 16.5. The first kappa shape index (κ1) is 15.6. The molecule has 2 rings (SSSR count). The Morgan fingerprint density at radius 2 is 2.24 bits per heavy atom. The summed E-state index contributed by atoms with van der Waals surface area (Å²) in [6.07, 6.45) is 2.62. The Morgan fingerprint density at radius 3 is 2.76 bits per heavy atom. The smallest absolute Gasteiger partial charge is 0.170 e. The fourth-order valence-corrected chi connectivity index (χ4v) is 2.76. The number of aryl methyl sites for hydroxylation is 1. The molecule has 1 fully saturated rings. The van der Waals surface area contributed by atoms with Gasteiger partial charge in [-0.15, -0.1) is 0 Å². The van der Waals surface area contributed by atoms with E-state index in [1.165, 1.54) is 18.5 Å². The van der Waals surface area contributed by atoms with Crippen LogP contribution in [0.25, 0.3) is 0 Å². The molecule has 1 aliphatic carbocycles. The van der Waals surface area contributed by atoms with E-state index in [-0.39, 0.29) is 5.84 Å². The molecule has 0 spiro atoms. The minimum Gasteiger partial charge on any atom is -0.409 e. The van der Waals surface area contributed by atoms with Gasteiger partial charge in [0.05, 0.1) is 6.61 Å². The number of anilines is 1. The predicted octanol–water partition coefficient (Wildman–Crippen LogP) is 2.34. The van der Waals surface area contributed by atoms with E-state index in [9.17, 15) is 0 Å². The van der Waals surface area contributed by atoms with Crippen molar-refractivity contribution in [2.24, 2.45) is 16.8 Å². The molecule has 3 N–H and O–H groups in total. The lowest BCUT2D eigenvalue weighted by Gasteiger charge is -2.32. The molecule has 1 aliphatic rings. The fourth-order valence-electron chi connectivity index (χ4n) is 2.76. The number of amidine groups is 1. The van der Waals surface area contributed by atoms with E-state index in [0.29, 0.717) is 12.6 Å². The Hall–Kier alpha value is -1.75. The number of benzene rings is 1. The lowest BCUT2D eigenvalue weighted by atomic mass is 10.0. The quantitative estimate of drug-likeness (QED) is 0.350. The number of nitrogens with two attached hydrogens (primary N) is 1. The van der Waals surface area contributed by atoms with E-state index in [2.05, 4.69) is 23.0 Å². The maximum atomic E-state index is 8.81. The minimum atomic E-state index is 0.151. The molecule has 21 heavy (non-hydrogen) atoms. The summed E-state index contributed by atoms with van der Waals surface area (Å²) in [5.74, 6) is 0.934. The SMILES string of the molecule is COCCN(c1ccc(/C(N)=N/O)c(C)c1)C(C)C1CC1. The molecule has 1 aromatic carbocycles. The highest BCUT2D eigenvalue weighted by Gasteiger charge is 2.32. The molecule has 0 heterocycles. The monoisotopic (exact) mass is 291 g/mol. The normalized spacial score (nSPS) is 16.8. The number of hydrogen-bond acceptors (Lipinski definition) is 4. The van der Waals surface area contributed by atoms with Crippen molar-refractivity contribution in [2.45, 2.75) is 32.7 Å². The van der Waals surface area contributed by atoms with Gasteiger partial charge in [-0.3, -0.25) is 0 Å². The van der Waals surface area contributed by atoms with E-state index in [4.69, 9.17) is 15.7 Å². The summed E-state index contributed by atoms with van der Waals surface area (Å²) >= 11 is 0. The summed E-state index contributed by atoms with van der Waals surface area (Å²) in [4.78, 5) is 2.39. The van der Waals surface area contributed by atoms with Crippen LogP contribution in [0.4, 0.5) is 5.69 Å². The number of rotatable bonds is 7. The Labute approximate surface area is 126 Å². The van der Waals surface area contributed by atoms with Gasteiger partial charge in [0.25, 0.3) is 0 Å². The Balaban J connectivity index is 2.24. The van der Waals surface area contributed by atoms with Gasteiger partial charge in [-0.1, -0.05) is 5.16 Å². The molecule has 0 aliphatic heterocycles. The summed E-state index contributed by atoms with van der Waals surface area (Å²) in [6.45, 7) is 5.84. The molecule has 1 atom stereocenters. The molecule has 5 heteroatoms. The maximum absolute atomic E-state index is 8.81. The molecule has 1 aromatic rings. The van der Waals surface area contributed by atoms with E-state index in [0.717, 1.165) is 23.6 Å². The van der Waals surface area contributed by atoms with Crippen molar-refractivity contribution in [3.05, 3.63) is 29.3 Å². The summed E-state index contributed by atoms with van der Waals surface area (Å²) < 4.78 is 5.24. The van der Waals surface area contributed by atoms with Gasteiger partial charge in [0.1, 0.15) is 0 Å². The van der Waals surface area contributed by atoms with Gasteiger partial charge >= 0.3 is 0 Å². The van der Waals surface area contributed by atoms with Crippen LogP contribution < -0.4 is 10.6 Å². The number of nitrogens with zero attached hydrogens (tertiary/aromatic N) is 2. The maximum Gasteiger partial charge on any atom is 0.170 e. The summed E-state index contributed by atoms with van der Waals surface area (Å²) in [7, 11) is 1.73. The van der Waals surface area contributed by atoms with Crippen LogP contribution in [0.3, 0.4) is 0 Å². The highest BCUT2D eigenvalue weighted by Crippen LogP contribution is 2.37. The van der Waals surface area contributed by atoms with Gasteiger partial charge in [-0.25, -0.2) is 0 Å². The molecular formula is C16H25N3O2. The molecule has 0 saturated heterocycles. The van der Waals surface area contributed by atoms with Crippen LogP contribution in [-0.2, 0) is 4.74 Å². The Kier molecular flexibility index (Phi) is 5.07. The summed E-state index contributed by atoms with van der Waals surface area (Å²) in [5, 5.41) is 11.9. The van der Waals surface area contributed by atoms with Crippen molar-refractivity contribution in [3.63, 3.8) is 0 Å². The van der Waals surface area contributed by atoms with Gasteiger partial charge in [0, 0.05) is 30.9 Å². The van der Waals surface area contributed by atoms with Gasteiger partial charge in [-0.2, -0.15) is 0 Å². The molecule has 0 radical (unpaired) electrons. The van der Waals surface area contributed by atoms with Crippen LogP contribution >= 0.6 is 0 Å². The first-order valence-electron chi connectivity index (χ1n) is 7.42. The van der Waals surface area contributed by atoms with E-state index in [1.807, 2.05) is 19.1 Å². The molecule has 5 nitrogen and oxygen atoms in total. The molecule has 0 bridgehead atoms. The van der Waals surface area contributed by atoms with Crippen LogP contribution in [0.2, 0.25) is 0 Å². The first-order valence-corrected chi connectivity index (χ1v) is 7.42. The van der Waals surface area contributed by atoms with Crippen LogP contribution in [0.15, 0.2) is 23.4 Å².